The number of nitrogens with one attached hydrogen (secondary N) is 3. The Labute approximate surface area is 265 Å². The Morgan fingerprint density at radius 2 is 1.05 bits per heavy atom. The van der Waals surface area contributed by atoms with Gasteiger partial charge in [-0.1, -0.05) is 150 Å². The predicted molar refractivity (Wildman–Crippen MR) is 179 cm³/mol. The first kappa shape index (κ1) is 39.2. The van der Waals surface area contributed by atoms with Crippen molar-refractivity contribution >= 4 is 17.9 Å². The molecule has 0 spiro atoms. The summed E-state index contributed by atoms with van der Waals surface area (Å²) < 4.78 is 5.45. The van der Waals surface area contributed by atoms with Crippen LogP contribution >= 0.6 is 0 Å². The van der Waals surface area contributed by atoms with Crippen molar-refractivity contribution in [3.8, 4) is 0 Å². The number of carbonyl (C=O) groups is 3. The van der Waals surface area contributed by atoms with E-state index in [2.05, 4.69) is 22.9 Å². The molecular formula is C36H69N3O4. The lowest BCUT2D eigenvalue weighted by atomic mass is 9.90. The monoisotopic (exact) mass is 608 g/mol. The summed E-state index contributed by atoms with van der Waals surface area (Å²) in [4.78, 5) is 38.5. The Bertz CT molecular complexity index is 721. The van der Waals surface area contributed by atoms with Crippen molar-refractivity contribution in [1.82, 2.24) is 16.0 Å². The van der Waals surface area contributed by atoms with Crippen molar-refractivity contribution in [3.05, 3.63) is 0 Å². The molecule has 0 saturated heterocycles. The van der Waals surface area contributed by atoms with Crippen LogP contribution in [0.2, 0.25) is 0 Å². The number of amides is 3. The van der Waals surface area contributed by atoms with Crippen molar-refractivity contribution in [3.63, 3.8) is 0 Å². The highest BCUT2D eigenvalue weighted by atomic mass is 16.5. The third-order valence-electron chi connectivity index (χ3n) is 8.97. The molecule has 1 fully saturated rings. The second-order valence-electron chi connectivity index (χ2n) is 13.8. The Morgan fingerprint density at radius 1 is 0.605 bits per heavy atom. The minimum Gasteiger partial charge on any atom is -0.449 e. The van der Waals surface area contributed by atoms with Crippen LogP contribution in [0.25, 0.3) is 0 Å². The smallest absolute Gasteiger partial charge is 0.407 e. The summed E-state index contributed by atoms with van der Waals surface area (Å²) >= 11 is 0. The van der Waals surface area contributed by atoms with E-state index in [1.54, 1.807) is 0 Å². The molecular weight excluding hydrogens is 538 g/mol. The van der Waals surface area contributed by atoms with Crippen molar-refractivity contribution in [2.24, 2.45) is 17.8 Å². The lowest BCUT2D eigenvalue weighted by molar-refractivity contribution is -0.131. The van der Waals surface area contributed by atoms with E-state index in [1.165, 1.54) is 109 Å². The first-order valence-electron chi connectivity index (χ1n) is 18.3. The first-order valence-corrected chi connectivity index (χ1v) is 18.3. The van der Waals surface area contributed by atoms with Gasteiger partial charge in [-0.25, -0.2) is 4.79 Å². The fraction of sp³-hybridized carbons (Fsp3) is 0.917. The van der Waals surface area contributed by atoms with Crippen LogP contribution in [0.3, 0.4) is 0 Å². The molecule has 1 saturated carbocycles. The van der Waals surface area contributed by atoms with Gasteiger partial charge in [0.2, 0.25) is 11.8 Å². The van der Waals surface area contributed by atoms with Crippen molar-refractivity contribution < 1.29 is 19.1 Å². The Hall–Kier alpha value is -1.79. The molecule has 7 nitrogen and oxygen atoms in total. The van der Waals surface area contributed by atoms with Gasteiger partial charge in [-0.05, 0) is 37.0 Å². The average molecular weight is 608 g/mol. The molecule has 3 amide bonds. The minimum absolute atomic E-state index is 0.0687. The van der Waals surface area contributed by atoms with Gasteiger partial charge in [0.1, 0.15) is 12.1 Å². The number of hydrogen-bond donors (Lipinski definition) is 3. The van der Waals surface area contributed by atoms with Crippen LogP contribution in [-0.2, 0) is 14.3 Å². The molecule has 1 aliphatic carbocycles. The summed E-state index contributed by atoms with van der Waals surface area (Å²) in [5.41, 5.74) is 0. The zero-order valence-corrected chi connectivity index (χ0v) is 28.8. The van der Waals surface area contributed by atoms with E-state index in [1.807, 2.05) is 27.7 Å². The lowest BCUT2D eigenvalue weighted by Gasteiger charge is -2.27. The molecule has 2 atom stereocenters. The van der Waals surface area contributed by atoms with Crippen molar-refractivity contribution in [1.29, 1.82) is 0 Å². The van der Waals surface area contributed by atoms with E-state index >= 15 is 0 Å². The maximum Gasteiger partial charge on any atom is 0.407 e. The minimum atomic E-state index is -0.756. The molecule has 0 aromatic rings. The van der Waals surface area contributed by atoms with E-state index < -0.39 is 18.2 Å². The van der Waals surface area contributed by atoms with Gasteiger partial charge >= 0.3 is 6.09 Å². The summed E-state index contributed by atoms with van der Waals surface area (Å²) in [6.45, 7) is 10.9. The zero-order valence-electron chi connectivity index (χ0n) is 28.8. The van der Waals surface area contributed by atoms with Crippen LogP contribution in [0.1, 0.15) is 169 Å². The van der Waals surface area contributed by atoms with Gasteiger partial charge < -0.3 is 20.7 Å². The third kappa shape index (κ3) is 20.0. The summed E-state index contributed by atoms with van der Waals surface area (Å²) in [5, 5.41) is 8.65. The third-order valence-corrected chi connectivity index (χ3v) is 8.97. The van der Waals surface area contributed by atoms with Crippen LogP contribution in [-0.4, -0.2) is 43.1 Å². The van der Waals surface area contributed by atoms with Crippen LogP contribution in [0, 0.1) is 17.8 Å². The average Bonchev–Trinajstić information content (AvgIpc) is 2.99. The SMILES string of the molecule is CCCCCCCCCCCCCCCCCCNC(=O)C(NC(=O)C(NC(=O)OCC1CCCCC1)C(C)C)C(C)C. The number of carbonyl (C=O) groups excluding carboxylic acids is 3. The molecule has 0 aliphatic heterocycles. The van der Waals surface area contributed by atoms with E-state index in [0.717, 1.165) is 25.7 Å². The fourth-order valence-corrected chi connectivity index (χ4v) is 6.02. The number of hydrogen-bond acceptors (Lipinski definition) is 4. The number of ether oxygens (including phenoxy) is 1. The highest BCUT2D eigenvalue weighted by Gasteiger charge is 2.30. The van der Waals surface area contributed by atoms with Gasteiger partial charge in [0.15, 0.2) is 0 Å². The topological polar surface area (TPSA) is 96.5 Å². The van der Waals surface area contributed by atoms with Gasteiger partial charge in [0, 0.05) is 6.54 Å². The van der Waals surface area contributed by atoms with E-state index in [9.17, 15) is 14.4 Å². The largest absolute Gasteiger partial charge is 0.449 e. The molecule has 252 valence electrons. The van der Waals surface area contributed by atoms with Gasteiger partial charge in [-0.3, -0.25) is 9.59 Å². The molecule has 0 bridgehead atoms. The maximum atomic E-state index is 13.1. The van der Waals surface area contributed by atoms with E-state index in [4.69, 9.17) is 4.74 Å². The molecule has 2 unspecified atom stereocenters. The molecule has 43 heavy (non-hydrogen) atoms. The standard InChI is InChI=1S/C36H69N3O4/c1-6-7-8-9-10-11-12-13-14-15-16-17-18-19-20-24-27-37-34(40)32(29(2)3)38-35(41)33(30(4)5)39-36(42)43-28-31-25-22-21-23-26-31/h29-33H,6-28H2,1-5H3,(H,37,40)(H,38,41)(H,39,42). The van der Waals surface area contributed by atoms with Crippen molar-refractivity contribution in [2.45, 2.75) is 182 Å². The van der Waals surface area contributed by atoms with Gasteiger partial charge in [0.05, 0.1) is 6.61 Å². The molecule has 0 aromatic carbocycles. The highest BCUT2D eigenvalue weighted by molar-refractivity contribution is 5.91. The predicted octanol–water partition coefficient (Wildman–Crippen LogP) is 8.84. The Morgan fingerprint density at radius 3 is 1.51 bits per heavy atom. The molecule has 1 aliphatic rings. The highest BCUT2D eigenvalue weighted by Crippen LogP contribution is 2.23. The van der Waals surface area contributed by atoms with Crippen molar-refractivity contribution in [2.75, 3.05) is 13.2 Å². The zero-order chi connectivity index (χ0) is 31.7. The Balaban J connectivity index is 2.18. The van der Waals surface area contributed by atoms with Crippen LogP contribution in [0.5, 0.6) is 0 Å². The summed E-state index contributed by atoms with van der Waals surface area (Å²) in [6.07, 6.45) is 26.4. The molecule has 1 rings (SSSR count). The van der Waals surface area contributed by atoms with E-state index in [-0.39, 0.29) is 23.7 Å². The summed E-state index contributed by atoms with van der Waals surface area (Å²) in [5.74, 6) is -0.300. The van der Waals surface area contributed by atoms with Crippen LogP contribution in [0.15, 0.2) is 0 Å². The summed E-state index contributed by atoms with van der Waals surface area (Å²) in [6, 6.07) is -1.40. The molecule has 0 aromatic heterocycles. The molecule has 0 heterocycles. The first-order chi connectivity index (χ1) is 20.8. The summed E-state index contributed by atoms with van der Waals surface area (Å²) in [7, 11) is 0. The van der Waals surface area contributed by atoms with Crippen LogP contribution in [0.4, 0.5) is 4.79 Å². The Kier molecular flexibility index (Phi) is 23.3. The van der Waals surface area contributed by atoms with Gasteiger partial charge in [0.25, 0.3) is 0 Å². The van der Waals surface area contributed by atoms with E-state index in [0.29, 0.717) is 19.1 Å². The molecule has 3 N–H and O–H groups in total. The quantitative estimate of drug-likeness (QED) is 0.0903. The molecule has 7 heteroatoms. The number of rotatable bonds is 25. The molecule has 0 radical (unpaired) electrons. The second-order valence-corrected chi connectivity index (χ2v) is 13.8. The maximum absolute atomic E-state index is 13.1. The number of alkyl carbamates (subject to hydrolysis) is 1. The number of unbranched alkanes of at least 4 members (excludes halogenated alkanes) is 15. The normalized spacial score (nSPS) is 15.3. The fourth-order valence-electron chi connectivity index (χ4n) is 6.02. The van der Waals surface area contributed by atoms with Gasteiger partial charge in [-0.15, -0.1) is 0 Å². The second kappa shape index (κ2) is 25.5. The van der Waals surface area contributed by atoms with Gasteiger partial charge in [-0.2, -0.15) is 0 Å². The van der Waals surface area contributed by atoms with Crippen LogP contribution < -0.4 is 16.0 Å². The lowest BCUT2D eigenvalue weighted by Crippen LogP contribution is -2.57.